The molecule has 0 aliphatic heterocycles. The molecule has 1 radical (unpaired) electrons. The van der Waals surface area contributed by atoms with Crippen LogP contribution in [0.25, 0.3) is 11.3 Å². The van der Waals surface area contributed by atoms with Crippen molar-refractivity contribution in [2.24, 2.45) is 0 Å². The fraction of sp³-hybridized carbons (Fsp3) is 0.389. The van der Waals surface area contributed by atoms with Crippen LogP contribution in [0, 0.1) is 6.20 Å². The van der Waals surface area contributed by atoms with E-state index in [1.54, 1.807) is 6.07 Å². The van der Waals surface area contributed by atoms with Gasteiger partial charge in [0, 0.05) is 18.2 Å². The average molecular weight is 299 g/mol. The van der Waals surface area contributed by atoms with E-state index >= 15 is 0 Å². The predicted molar refractivity (Wildman–Crippen MR) is 88.3 cm³/mol. The summed E-state index contributed by atoms with van der Waals surface area (Å²) in [5.74, 6) is 1.62. The second-order valence-electron chi connectivity index (χ2n) is 5.31. The van der Waals surface area contributed by atoms with Crippen molar-refractivity contribution < 1.29 is 9.47 Å². The van der Waals surface area contributed by atoms with Crippen LogP contribution in [-0.4, -0.2) is 43.7 Å². The van der Waals surface area contributed by atoms with E-state index < -0.39 is 0 Å². The maximum Gasteiger partial charge on any atom is 0.132 e. The summed E-state index contributed by atoms with van der Waals surface area (Å²) in [4.78, 5) is 6.37. The normalized spacial score (nSPS) is 10.7. The third-order valence-electron chi connectivity index (χ3n) is 3.11. The minimum atomic E-state index is 0.650. The number of rotatable bonds is 8. The Bertz CT molecular complexity index is 571. The molecule has 0 fully saturated rings. The van der Waals surface area contributed by atoms with Crippen molar-refractivity contribution in [3.63, 3.8) is 0 Å². The molecular weight excluding hydrogens is 276 g/mol. The van der Waals surface area contributed by atoms with Gasteiger partial charge in [-0.3, -0.25) is 0 Å². The van der Waals surface area contributed by atoms with Gasteiger partial charge >= 0.3 is 0 Å². The van der Waals surface area contributed by atoms with E-state index in [4.69, 9.17) is 9.47 Å². The van der Waals surface area contributed by atoms with Gasteiger partial charge in [0.05, 0.1) is 18.5 Å². The zero-order valence-corrected chi connectivity index (χ0v) is 13.5. The minimum Gasteiger partial charge on any atom is -0.493 e. The number of ether oxygens (including phenoxy) is 2. The Morgan fingerprint density at radius 3 is 2.68 bits per heavy atom. The Hall–Kier alpha value is -2.07. The molecule has 22 heavy (non-hydrogen) atoms. The lowest BCUT2D eigenvalue weighted by molar-refractivity contribution is 0.259. The first-order chi connectivity index (χ1) is 10.7. The van der Waals surface area contributed by atoms with Crippen LogP contribution in [0.1, 0.15) is 13.3 Å². The number of likely N-dealkylation sites (N-methyl/N-ethyl adjacent to an activating group) is 1. The molecule has 117 valence electrons. The average Bonchev–Trinajstić information content (AvgIpc) is 2.53. The van der Waals surface area contributed by atoms with Crippen LogP contribution in [-0.2, 0) is 0 Å². The summed E-state index contributed by atoms with van der Waals surface area (Å²) in [6.45, 7) is 4.29. The summed E-state index contributed by atoms with van der Waals surface area (Å²) in [5, 5.41) is 0. The summed E-state index contributed by atoms with van der Waals surface area (Å²) in [5.41, 5.74) is 1.82. The van der Waals surface area contributed by atoms with Gasteiger partial charge in [-0.05, 0) is 44.8 Å². The Kier molecular flexibility index (Phi) is 6.22. The molecule has 0 N–H and O–H groups in total. The smallest absolute Gasteiger partial charge is 0.132 e. The molecule has 1 aromatic carbocycles. The number of pyridine rings is 1. The van der Waals surface area contributed by atoms with Crippen molar-refractivity contribution in [2.45, 2.75) is 13.3 Å². The first-order valence-electron chi connectivity index (χ1n) is 7.58. The van der Waals surface area contributed by atoms with Crippen LogP contribution in [0.4, 0.5) is 0 Å². The van der Waals surface area contributed by atoms with Crippen molar-refractivity contribution in [1.82, 2.24) is 9.88 Å². The van der Waals surface area contributed by atoms with E-state index in [0.29, 0.717) is 13.2 Å². The quantitative estimate of drug-likeness (QED) is 0.749. The van der Waals surface area contributed by atoms with Crippen LogP contribution in [0.5, 0.6) is 11.5 Å². The Morgan fingerprint density at radius 1 is 1.14 bits per heavy atom. The zero-order valence-electron chi connectivity index (χ0n) is 13.5. The zero-order chi connectivity index (χ0) is 15.8. The summed E-state index contributed by atoms with van der Waals surface area (Å²) >= 11 is 0. The van der Waals surface area contributed by atoms with Crippen LogP contribution >= 0.6 is 0 Å². The van der Waals surface area contributed by atoms with Crippen molar-refractivity contribution >= 4 is 0 Å². The van der Waals surface area contributed by atoms with Gasteiger partial charge in [0.2, 0.25) is 0 Å². The molecule has 0 spiro atoms. The molecule has 0 saturated carbocycles. The molecule has 2 rings (SSSR count). The number of aromatic nitrogens is 1. The largest absolute Gasteiger partial charge is 0.493 e. The molecule has 0 aliphatic carbocycles. The third-order valence-corrected chi connectivity index (χ3v) is 3.11. The molecule has 0 amide bonds. The molecular formula is C18H23N2O2. The van der Waals surface area contributed by atoms with Crippen molar-refractivity contribution in [1.29, 1.82) is 0 Å². The topological polar surface area (TPSA) is 34.6 Å². The molecule has 1 aromatic heterocycles. The second kappa shape index (κ2) is 8.39. The van der Waals surface area contributed by atoms with Gasteiger partial charge < -0.3 is 14.4 Å². The first-order valence-corrected chi connectivity index (χ1v) is 7.58. The summed E-state index contributed by atoms with van der Waals surface area (Å²) < 4.78 is 11.6. The molecule has 0 aliphatic rings. The predicted octanol–water partition coefficient (Wildman–Crippen LogP) is 3.28. The summed E-state index contributed by atoms with van der Waals surface area (Å²) in [6.07, 6.45) is 3.82. The highest BCUT2D eigenvalue weighted by atomic mass is 16.5. The molecule has 4 nitrogen and oxygen atoms in total. The number of hydrogen-bond acceptors (Lipinski definition) is 4. The third kappa shape index (κ3) is 4.74. The molecule has 4 heteroatoms. The fourth-order valence-corrected chi connectivity index (χ4v) is 1.96. The monoisotopic (exact) mass is 299 g/mol. The molecule has 0 bridgehead atoms. The van der Waals surface area contributed by atoms with Crippen molar-refractivity contribution in [3.8, 4) is 22.8 Å². The van der Waals surface area contributed by atoms with Crippen LogP contribution < -0.4 is 9.47 Å². The van der Waals surface area contributed by atoms with Gasteiger partial charge in [0.25, 0.3) is 0 Å². The fourth-order valence-electron chi connectivity index (χ4n) is 1.96. The highest BCUT2D eigenvalue weighted by Crippen LogP contribution is 2.32. The SMILES string of the molecule is CCCOc1cc(OCCN(C)C)ccc1-c1ccc[c]n1. The van der Waals surface area contributed by atoms with Crippen molar-refractivity contribution in [2.75, 3.05) is 33.9 Å². The Labute approximate surface area is 132 Å². The van der Waals surface area contributed by atoms with Gasteiger partial charge in [-0.15, -0.1) is 0 Å². The lowest BCUT2D eigenvalue weighted by Gasteiger charge is -2.14. The summed E-state index contributed by atoms with van der Waals surface area (Å²) in [7, 11) is 4.06. The second-order valence-corrected chi connectivity index (χ2v) is 5.31. The van der Waals surface area contributed by atoms with Gasteiger partial charge in [-0.2, -0.15) is 0 Å². The van der Waals surface area contributed by atoms with E-state index in [9.17, 15) is 0 Å². The van der Waals surface area contributed by atoms with Gasteiger partial charge in [0.1, 0.15) is 18.1 Å². The number of nitrogens with zero attached hydrogens (tertiary/aromatic N) is 2. The highest BCUT2D eigenvalue weighted by Gasteiger charge is 2.09. The maximum absolute atomic E-state index is 5.86. The minimum absolute atomic E-state index is 0.650. The lowest BCUT2D eigenvalue weighted by atomic mass is 10.1. The Morgan fingerprint density at radius 2 is 2.00 bits per heavy atom. The number of benzene rings is 1. The Balaban J connectivity index is 2.19. The molecule has 0 saturated heterocycles. The van der Waals surface area contributed by atoms with E-state index in [-0.39, 0.29) is 0 Å². The van der Waals surface area contributed by atoms with E-state index in [2.05, 4.69) is 23.0 Å². The van der Waals surface area contributed by atoms with Crippen LogP contribution in [0.3, 0.4) is 0 Å². The summed E-state index contributed by atoms with van der Waals surface area (Å²) in [6, 6.07) is 11.6. The first kappa shape index (κ1) is 16.3. The van der Waals surface area contributed by atoms with Crippen LogP contribution in [0.2, 0.25) is 0 Å². The van der Waals surface area contributed by atoms with E-state index in [0.717, 1.165) is 35.7 Å². The molecule has 1 heterocycles. The highest BCUT2D eigenvalue weighted by molar-refractivity contribution is 5.68. The van der Waals surface area contributed by atoms with E-state index in [1.165, 1.54) is 0 Å². The molecule has 2 aromatic rings. The number of hydrogen-bond donors (Lipinski definition) is 0. The van der Waals surface area contributed by atoms with Crippen molar-refractivity contribution in [3.05, 3.63) is 42.6 Å². The van der Waals surface area contributed by atoms with Gasteiger partial charge in [-0.25, -0.2) is 4.98 Å². The lowest BCUT2D eigenvalue weighted by Crippen LogP contribution is -2.19. The van der Waals surface area contributed by atoms with Crippen LogP contribution in [0.15, 0.2) is 36.4 Å². The van der Waals surface area contributed by atoms with E-state index in [1.807, 2.05) is 44.4 Å². The standard InChI is InChI=1S/C18H23N2O2/c1-4-12-22-18-14-15(21-13-11-20(2)3)8-9-16(18)17-7-5-6-10-19-17/h5-9,14H,4,11-13H2,1-3H3. The molecule has 0 atom stereocenters. The maximum atomic E-state index is 5.86. The molecule has 0 unspecified atom stereocenters. The van der Waals surface area contributed by atoms with Gasteiger partial charge in [0.15, 0.2) is 0 Å². The van der Waals surface area contributed by atoms with Gasteiger partial charge in [-0.1, -0.05) is 13.0 Å².